The molecule has 6 rings (SSSR count). The van der Waals surface area contributed by atoms with Gasteiger partial charge in [-0.05, 0) is 79.0 Å². The molecule has 4 fully saturated rings. The van der Waals surface area contributed by atoms with E-state index < -0.39 is 0 Å². The van der Waals surface area contributed by atoms with E-state index in [9.17, 15) is 9.59 Å². The van der Waals surface area contributed by atoms with Crippen LogP contribution in [0.1, 0.15) is 52.8 Å². The number of fused-ring (bicyclic) bond motifs is 1. The minimum absolute atomic E-state index is 0.331. The maximum Gasteiger partial charge on any atom is 0.338 e. The lowest BCUT2D eigenvalue weighted by atomic mass is 9.43. The molecule has 0 heterocycles. The van der Waals surface area contributed by atoms with Gasteiger partial charge in [-0.25, -0.2) is 9.59 Å². The van der Waals surface area contributed by atoms with Gasteiger partial charge in [0.05, 0.1) is 11.1 Å². The van der Waals surface area contributed by atoms with Crippen LogP contribution < -0.4 is 0 Å². The monoisotopic (exact) mass is 388 g/mol. The van der Waals surface area contributed by atoms with Crippen LogP contribution in [0.5, 0.6) is 0 Å². The molecular formula is C25H24O4. The Morgan fingerprint density at radius 2 is 1.10 bits per heavy atom. The largest absolute Gasteiger partial charge is 0.455 e. The van der Waals surface area contributed by atoms with Gasteiger partial charge in [0, 0.05) is 0 Å². The lowest BCUT2D eigenvalue weighted by Crippen LogP contribution is -2.60. The standard InChI is InChI=1S/C25H24O4/c26-22(16-7-3-1-4-8-16)28-20-13-18-19(25-12-11-24(18,25)15-25)14-21(20)29-23(27)17-9-5-2-6-10-17/h1-10,18-21H,11-15H2/t18?,19?,20-,21+,24?,25?. The molecule has 0 aromatic heterocycles. The predicted octanol–water partition coefficient (Wildman–Crippen LogP) is 4.65. The van der Waals surface area contributed by atoms with Crippen LogP contribution in [0.25, 0.3) is 0 Å². The third-order valence-corrected chi connectivity index (χ3v) is 8.34. The number of esters is 2. The second-order valence-electron chi connectivity index (χ2n) is 9.29. The number of hydrogen-bond donors (Lipinski definition) is 0. The maximum absolute atomic E-state index is 12.7. The molecule has 2 aromatic carbocycles. The summed E-state index contributed by atoms with van der Waals surface area (Å²) in [6.45, 7) is 0. The summed E-state index contributed by atoms with van der Waals surface area (Å²) in [6.07, 6.45) is 4.86. The average molecular weight is 388 g/mol. The quantitative estimate of drug-likeness (QED) is 0.716. The molecule has 4 unspecified atom stereocenters. The first-order valence-corrected chi connectivity index (χ1v) is 10.7. The number of hydrogen-bond acceptors (Lipinski definition) is 4. The van der Waals surface area contributed by atoms with Crippen LogP contribution in [0.2, 0.25) is 0 Å². The summed E-state index contributed by atoms with van der Waals surface area (Å²) in [5.74, 6) is 0.581. The zero-order chi connectivity index (χ0) is 19.6. The van der Waals surface area contributed by atoms with Gasteiger partial charge < -0.3 is 9.47 Å². The number of rotatable bonds is 4. The van der Waals surface area contributed by atoms with Crippen LogP contribution >= 0.6 is 0 Å². The van der Waals surface area contributed by atoms with Crippen molar-refractivity contribution in [1.82, 2.24) is 0 Å². The van der Waals surface area contributed by atoms with E-state index in [0.717, 1.165) is 12.8 Å². The Morgan fingerprint density at radius 3 is 1.48 bits per heavy atom. The van der Waals surface area contributed by atoms with Crippen LogP contribution in [0.3, 0.4) is 0 Å². The highest BCUT2D eigenvalue weighted by Gasteiger charge is 2.88. The Kier molecular flexibility index (Phi) is 3.54. The first-order chi connectivity index (χ1) is 14.1. The zero-order valence-electron chi connectivity index (χ0n) is 16.3. The fourth-order valence-corrected chi connectivity index (χ4v) is 6.90. The summed E-state index contributed by atoms with van der Waals surface area (Å²) in [5, 5.41) is 0. The van der Waals surface area contributed by atoms with E-state index in [1.807, 2.05) is 36.4 Å². The number of carbonyl (C=O) groups excluding carboxylic acids is 2. The van der Waals surface area contributed by atoms with E-state index in [2.05, 4.69) is 0 Å². The summed E-state index contributed by atoms with van der Waals surface area (Å²) < 4.78 is 11.9. The van der Waals surface area contributed by atoms with Crippen molar-refractivity contribution in [3.8, 4) is 0 Å². The molecule has 0 aliphatic heterocycles. The van der Waals surface area contributed by atoms with Crippen molar-refractivity contribution >= 4 is 11.9 Å². The average Bonchev–Trinajstić information content (AvgIpc) is 3.08. The molecule has 148 valence electrons. The summed E-state index contributed by atoms with van der Waals surface area (Å²) >= 11 is 0. The smallest absolute Gasteiger partial charge is 0.338 e. The fourth-order valence-electron chi connectivity index (χ4n) is 6.90. The highest BCUT2D eigenvalue weighted by Crippen LogP contribution is 2.95. The van der Waals surface area contributed by atoms with Crippen molar-refractivity contribution in [2.75, 3.05) is 0 Å². The molecule has 2 aromatic rings. The molecule has 4 aliphatic rings. The Labute approximate surface area is 170 Å². The predicted molar refractivity (Wildman–Crippen MR) is 106 cm³/mol. The molecule has 0 amide bonds. The van der Waals surface area contributed by atoms with Gasteiger partial charge in [0.15, 0.2) is 0 Å². The minimum Gasteiger partial charge on any atom is -0.455 e. The highest BCUT2D eigenvalue weighted by atomic mass is 16.6. The minimum atomic E-state index is -0.370. The normalized spacial score (nSPS) is 38.2. The molecule has 4 heteroatoms. The van der Waals surface area contributed by atoms with Gasteiger partial charge in [-0.15, -0.1) is 0 Å². The molecule has 0 bridgehead atoms. The van der Waals surface area contributed by atoms with E-state index in [1.165, 1.54) is 19.3 Å². The topological polar surface area (TPSA) is 52.6 Å². The molecule has 0 spiro atoms. The molecular weight excluding hydrogens is 364 g/mol. The Morgan fingerprint density at radius 1 is 0.690 bits per heavy atom. The molecule has 29 heavy (non-hydrogen) atoms. The van der Waals surface area contributed by atoms with Gasteiger partial charge in [-0.2, -0.15) is 0 Å². The first-order valence-electron chi connectivity index (χ1n) is 10.7. The summed E-state index contributed by atoms with van der Waals surface area (Å²) in [6, 6.07) is 18.1. The number of benzene rings is 2. The molecule has 4 nitrogen and oxygen atoms in total. The van der Waals surface area contributed by atoms with Gasteiger partial charge in [0.25, 0.3) is 0 Å². The highest BCUT2D eigenvalue weighted by molar-refractivity contribution is 5.90. The molecule has 4 aliphatic carbocycles. The SMILES string of the molecule is O=C(O[C@H]1CC2C(C[C@H]1OC(=O)c1ccccc1)C13CCC21C3)c1ccccc1. The van der Waals surface area contributed by atoms with Gasteiger partial charge in [-0.1, -0.05) is 36.4 Å². The fraction of sp³-hybridized carbons (Fsp3) is 0.440. The van der Waals surface area contributed by atoms with Crippen LogP contribution in [-0.2, 0) is 9.47 Å². The van der Waals surface area contributed by atoms with E-state index in [4.69, 9.17) is 9.47 Å². The molecule has 0 radical (unpaired) electrons. The maximum atomic E-state index is 12.7. The Balaban J connectivity index is 1.23. The van der Waals surface area contributed by atoms with Crippen molar-refractivity contribution in [3.63, 3.8) is 0 Å². The van der Waals surface area contributed by atoms with Crippen LogP contribution in [-0.4, -0.2) is 24.1 Å². The lowest BCUT2D eigenvalue weighted by Gasteiger charge is -2.62. The van der Waals surface area contributed by atoms with Crippen molar-refractivity contribution in [3.05, 3.63) is 71.8 Å². The van der Waals surface area contributed by atoms with Crippen LogP contribution in [0.4, 0.5) is 0 Å². The molecule has 0 saturated heterocycles. The van der Waals surface area contributed by atoms with Gasteiger partial charge in [-0.3, -0.25) is 0 Å². The Hall–Kier alpha value is -2.62. The summed E-state index contributed by atoms with van der Waals surface area (Å²) in [5.41, 5.74) is 2.14. The van der Waals surface area contributed by atoms with Crippen molar-refractivity contribution in [2.45, 2.75) is 44.3 Å². The molecule has 0 N–H and O–H groups in total. The van der Waals surface area contributed by atoms with E-state index >= 15 is 0 Å². The van der Waals surface area contributed by atoms with Gasteiger partial charge >= 0.3 is 11.9 Å². The van der Waals surface area contributed by atoms with E-state index in [0.29, 0.717) is 33.8 Å². The van der Waals surface area contributed by atoms with Crippen LogP contribution in [0.15, 0.2) is 60.7 Å². The van der Waals surface area contributed by atoms with E-state index in [1.54, 1.807) is 24.3 Å². The second-order valence-corrected chi connectivity index (χ2v) is 9.29. The Bertz CT molecular complexity index is 891. The number of carbonyl (C=O) groups is 2. The van der Waals surface area contributed by atoms with Crippen LogP contribution in [0, 0.1) is 22.7 Å². The van der Waals surface area contributed by atoms with Crippen molar-refractivity contribution < 1.29 is 19.1 Å². The third-order valence-electron chi connectivity index (χ3n) is 8.34. The van der Waals surface area contributed by atoms with E-state index in [-0.39, 0.29) is 24.1 Å². The zero-order valence-corrected chi connectivity index (χ0v) is 16.3. The van der Waals surface area contributed by atoms with Crippen molar-refractivity contribution in [2.24, 2.45) is 22.7 Å². The first kappa shape index (κ1) is 17.3. The van der Waals surface area contributed by atoms with Crippen molar-refractivity contribution in [1.29, 1.82) is 0 Å². The van der Waals surface area contributed by atoms with Gasteiger partial charge in [0.2, 0.25) is 0 Å². The lowest BCUT2D eigenvalue weighted by molar-refractivity contribution is -0.180. The molecule has 6 atom stereocenters. The number of ether oxygens (including phenoxy) is 2. The summed E-state index contributed by atoms with van der Waals surface area (Å²) in [7, 11) is 0. The van der Waals surface area contributed by atoms with Gasteiger partial charge in [0.1, 0.15) is 12.2 Å². The molecule has 4 saturated carbocycles. The summed E-state index contributed by atoms with van der Waals surface area (Å²) in [4.78, 5) is 25.4. The second kappa shape index (κ2) is 5.94. The third kappa shape index (κ3) is 2.32.